The van der Waals surface area contributed by atoms with Crippen molar-refractivity contribution in [1.29, 1.82) is 0 Å². The summed E-state index contributed by atoms with van der Waals surface area (Å²) in [6.45, 7) is 7.91. The minimum atomic E-state index is -4.41. The lowest BCUT2D eigenvalue weighted by Crippen LogP contribution is -2.41. The largest absolute Gasteiger partial charge is 0.461 e. The molecule has 1 aliphatic carbocycles. The highest BCUT2D eigenvalue weighted by Gasteiger charge is 2.60. The fraction of sp³-hybridized carbons (Fsp3) is 0.526. The molecule has 26 heavy (non-hydrogen) atoms. The van der Waals surface area contributed by atoms with Gasteiger partial charge in [0.05, 0.1) is 22.3 Å². The third-order valence-electron chi connectivity index (χ3n) is 5.94. The maximum atomic E-state index is 13.5. The molecule has 1 aromatic heterocycles. The zero-order chi connectivity index (χ0) is 18.9. The Morgan fingerprint density at radius 1 is 1.12 bits per heavy atom. The number of nitrogens with zero attached hydrogens (tertiary/aromatic N) is 1. The zero-order valence-electron chi connectivity index (χ0n) is 15.2. The lowest BCUT2D eigenvalue weighted by atomic mass is 9.79. The molecule has 0 unspecified atom stereocenters. The summed E-state index contributed by atoms with van der Waals surface area (Å²) in [6.07, 6.45) is -2.14. The molecule has 2 fully saturated rings. The molecule has 2 aliphatic rings. The van der Waals surface area contributed by atoms with Gasteiger partial charge < -0.3 is 9.31 Å². The van der Waals surface area contributed by atoms with Gasteiger partial charge in [-0.3, -0.25) is 4.98 Å². The van der Waals surface area contributed by atoms with Crippen molar-refractivity contribution in [3.05, 3.63) is 41.6 Å². The number of aromatic nitrogens is 1. The number of fused-ring (bicyclic) bond motifs is 1. The molecule has 1 saturated carbocycles. The van der Waals surface area contributed by atoms with Crippen LogP contribution in [0.5, 0.6) is 0 Å². The molecule has 4 rings (SSSR count). The average Bonchev–Trinajstić information content (AvgIpc) is 3.28. The molecule has 0 bridgehead atoms. The molecule has 1 aromatic carbocycles. The van der Waals surface area contributed by atoms with Gasteiger partial charge in [0.2, 0.25) is 0 Å². The van der Waals surface area contributed by atoms with Crippen LogP contribution in [0.1, 0.15) is 51.2 Å². The van der Waals surface area contributed by atoms with Gasteiger partial charge in [-0.1, -0.05) is 6.07 Å². The van der Waals surface area contributed by atoms with Gasteiger partial charge in [0, 0.05) is 17.4 Å². The number of pyridine rings is 1. The van der Waals surface area contributed by atoms with Gasteiger partial charge in [0.15, 0.2) is 0 Å². The molecule has 0 spiro atoms. The molecule has 1 aliphatic heterocycles. The van der Waals surface area contributed by atoms with Crippen LogP contribution < -0.4 is 0 Å². The van der Waals surface area contributed by atoms with Crippen LogP contribution in [0.4, 0.5) is 13.2 Å². The van der Waals surface area contributed by atoms with Gasteiger partial charge >= 0.3 is 13.3 Å². The predicted molar refractivity (Wildman–Crippen MR) is 93.9 cm³/mol. The Balaban J connectivity index is 1.65. The second kappa shape index (κ2) is 5.46. The fourth-order valence-corrected chi connectivity index (χ4v) is 3.62. The van der Waals surface area contributed by atoms with E-state index in [0.717, 1.165) is 6.42 Å². The first-order valence-corrected chi connectivity index (χ1v) is 8.81. The van der Waals surface area contributed by atoms with Crippen LogP contribution in [0.15, 0.2) is 30.5 Å². The molecule has 3 nitrogen and oxygen atoms in total. The molecule has 7 heteroatoms. The van der Waals surface area contributed by atoms with Gasteiger partial charge in [0.1, 0.15) is 0 Å². The van der Waals surface area contributed by atoms with Crippen molar-refractivity contribution in [2.45, 2.75) is 63.2 Å². The van der Waals surface area contributed by atoms with E-state index in [1.165, 1.54) is 24.4 Å². The van der Waals surface area contributed by atoms with E-state index >= 15 is 0 Å². The van der Waals surface area contributed by atoms with Crippen LogP contribution in [0.3, 0.4) is 0 Å². The summed E-state index contributed by atoms with van der Waals surface area (Å²) >= 11 is 0. The molecule has 0 amide bonds. The van der Waals surface area contributed by atoms with Crippen LogP contribution in [0.25, 0.3) is 10.9 Å². The zero-order valence-corrected chi connectivity index (χ0v) is 15.2. The van der Waals surface area contributed by atoms with Crippen molar-refractivity contribution in [2.75, 3.05) is 0 Å². The standard InChI is InChI=1S/C19H21BF3NO2/c1-17(2)18(3,4)26-20(25-17)15-10-13(15)11-8-14(19(21,22)23)12-6-5-7-24-16(12)9-11/h5-9,13,15H,10H2,1-4H3/t13-,15+/m1/s1. The van der Waals surface area contributed by atoms with Gasteiger partial charge in [-0.05, 0) is 63.8 Å². The van der Waals surface area contributed by atoms with Gasteiger partial charge in [0.25, 0.3) is 0 Å². The second-order valence-electron chi connectivity index (χ2n) is 8.27. The molecular formula is C19H21BF3NO2. The van der Waals surface area contributed by atoms with E-state index in [0.29, 0.717) is 11.1 Å². The summed E-state index contributed by atoms with van der Waals surface area (Å²) < 4.78 is 52.6. The number of halogens is 3. The highest BCUT2D eigenvalue weighted by Crippen LogP contribution is 2.59. The summed E-state index contributed by atoms with van der Waals surface area (Å²) in [5, 5.41) is 0.136. The summed E-state index contributed by atoms with van der Waals surface area (Å²) in [5.74, 6) is 0.0653. The van der Waals surface area contributed by atoms with Crippen molar-refractivity contribution in [1.82, 2.24) is 4.98 Å². The average molecular weight is 363 g/mol. The van der Waals surface area contributed by atoms with Crippen LogP contribution in [-0.2, 0) is 15.5 Å². The first kappa shape index (κ1) is 17.8. The number of alkyl halides is 3. The van der Waals surface area contributed by atoms with Crippen molar-refractivity contribution in [3.63, 3.8) is 0 Å². The van der Waals surface area contributed by atoms with Gasteiger partial charge in [-0.2, -0.15) is 13.2 Å². The Morgan fingerprint density at radius 2 is 1.77 bits per heavy atom. The highest BCUT2D eigenvalue weighted by atomic mass is 19.4. The Bertz CT molecular complexity index is 849. The highest BCUT2D eigenvalue weighted by molar-refractivity contribution is 6.49. The molecular weight excluding hydrogens is 342 g/mol. The Morgan fingerprint density at radius 3 is 2.38 bits per heavy atom. The summed E-state index contributed by atoms with van der Waals surface area (Å²) in [6, 6.07) is 6.02. The van der Waals surface area contributed by atoms with Gasteiger partial charge in [-0.15, -0.1) is 0 Å². The van der Waals surface area contributed by atoms with Crippen LogP contribution >= 0.6 is 0 Å². The molecule has 2 atom stereocenters. The molecule has 2 aromatic rings. The first-order valence-electron chi connectivity index (χ1n) is 8.81. The maximum absolute atomic E-state index is 13.5. The summed E-state index contributed by atoms with van der Waals surface area (Å²) in [5.41, 5.74) is -0.475. The van der Waals surface area contributed by atoms with Crippen LogP contribution in [0, 0.1) is 0 Å². The molecule has 2 heterocycles. The quantitative estimate of drug-likeness (QED) is 0.687. The lowest BCUT2D eigenvalue weighted by molar-refractivity contribution is -0.136. The van der Waals surface area contributed by atoms with Crippen molar-refractivity contribution in [3.8, 4) is 0 Å². The predicted octanol–water partition coefficient (Wildman–Crippen LogP) is 5.20. The number of benzene rings is 1. The van der Waals surface area contributed by atoms with Crippen molar-refractivity contribution in [2.24, 2.45) is 0 Å². The second-order valence-corrected chi connectivity index (χ2v) is 8.27. The summed E-state index contributed by atoms with van der Waals surface area (Å²) in [4.78, 5) is 4.13. The SMILES string of the molecule is CC1(C)OB([C@H]2C[C@@H]2c2cc(C(F)(F)F)c3cccnc3c2)OC1(C)C. The summed E-state index contributed by atoms with van der Waals surface area (Å²) in [7, 11) is -0.390. The molecule has 0 N–H and O–H groups in total. The molecule has 1 saturated heterocycles. The molecule has 0 radical (unpaired) electrons. The van der Waals surface area contributed by atoms with E-state index in [9.17, 15) is 13.2 Å². The number of rotatable bonds is 2. The smallest absolute Gasteiger partial charge is 0.403 e. The monoisotopic (exact) mass is 363 g/mol. The third-order valence-corrected chi connectivity index (χ3v) is 5.94. The van der Waals surface area contributed by atoms with Crippen LogP contribution in [-0.4, -0.2) is 23.3 Å². The van der Waals surface area contributed by atoms with E-state index in [2.05, 4.69) is 4.98 Å². The van der Waals surface area contributed by atoms with E-state index in [1.807, 2.05) is 27.7 Å². The Labute approximate surface area is 151 Å². The van der Waals surface area contributed by atoms with Crippen molar-refractivity contribution >= 4 is 18.0 Å². The van der Waals surface area contributed by atoms with E-state index in [-0.39, 0.29) is 17.1 Å². The third kappa shape index (κ3) is 2.81. The Hall–Kier alpha value is -1.60. The molecule has 138 valence electrons. The minimum absolute atomic E-state index is 0.00259. The van der Waals surface area contributed by atoms with Crippen molar-refractivity contribution < 1.29 is 22.5 Å². The fourth-order valence-electron chi connectivity index (χ4n) is 3.62. The van der Waals surface area contributed by atoms with Crippen LogP contribution in [0.2, 0.25) is 5.82 Å². The maximum Gasteiger partial charge on any atom is 0.461 e. The Kier molecular flexibility index (Phi) is 3.74. The first-order chi connectivity index (χ1) is 12.0. The minimum Gasteiger partial charge on any atom is -0.403 e. The van der Waals surface area contributed by atoms with E-state index in [4.69, 9.17) is 9.31 Å². The number of hydrogen-bond acceptors (Lipinski definition) is 3. The number of hydrogen-bond donors (Lipinski definition) is 0. The van der Waals surface area contributed by atoms with E-state index < -0.39 is 30.1 Å². The van der Waals surface area contributed by atoms with Gasteiger partial charge in [-0.25, -0.2) is 0 Å². The normalized spacial score (nSPS) is 27.1. The van der Waals surface area contributed by atoms with E-state index in [1.54, 1.807) is 6.07 Å². The lowest BCUT2D eigenvalue weighted by Gasteiger charge is -2.32. The topological polar surface area (TPSA) is 31.4 Å².